The minimum absolute atomic E-state index is 0.318. The Morgan fingerprint density at radius 1 is 0.816 bits per heavy atom. The number of hydrogen-bond donors (Lipinski definition) is 2. The number of rotatable bonds is 5. The molecule has 0 spiro atoms. The van der Waals surface area contributed by atoms with Crippen LogP contribution >= 0.6 is 23.1 Å². The second-order valence-electron chi connectivity index (χ2n) is 10.1. The van der Waals surface area contributed by atoms with E-state index in [1.54, 1.807) is 23.1 Å². The molecule has 188 valence electrons. The predicted octanol–water partition coefficient (Wildman–Crippen LogP) is 9.08. The Kier molecular flexibility index (Phi) is 5.53. The summed E-state index contributed by atoms with van der Waals surface area (Å²) < 4.78 is 1.27. The summed E-state index contributed by atoms with van der Waals surface area (Å²) in [5.74, 6) is 2.41. The van der Waals surface area contributed by atoms with E-state index in [1.807, 2.05) is 6.20 Å². The first-order valence-electron chi connectivity index (χ1n) is 12.8. The number of aromatic nitrogens is 5. The SMILES string of the molecule is CSC(C)c1nc2c3ccsc3c3cc(-c4ccc5cc(-c6cnc(C(C)C)[nH]6)ccc5n4)ccc3c2[nH]1. The predicted molar refractivity (Wildman–Crippen MR) is 163 cm³/mol. The zero-order chi connectivity index (χ0) is 26.0. The molecule has 1 unspecified atom stereocenters. The van der Waals surface area contributed by atoms with Gasteiger partial charge in [0, 0.05) is 43.3 Å². The van der Waals surface area contributed by atoms with Crippen LogP contribution in [0.1, 0.15) is 43.6 Å². The van der Waals surface area contributed by atoms with Crippen molar-refractivity contribution in [2.45, 2.75) is 31.9 Å². The van der Waals surface area contributed by atoms with Crippen LogP contribution < -0.4 is 0 Å². The standard InChI is InChI=1S/C31H27N5S2/c1-16(2)30-32-15-26(34-30)19-7-10-24-18(13-19)6-9-25(33-24)20-5-8-21-23(14-20)29-22(11-12-38-29)28-27(21)35-31(36-28)17(3)37-4/h5-17H,1-4H3,(H,32,34)(H,35,36). The molecule has 0 fully saturated rings. The average Bonchev–Trinajstić information content (AvgIpc) is 3.71. The van der Waals surface area contributed by atoms with Gasteiger partial charge in [0.15, 0.2) is 0 Å². The molecule has 5 nitrogen and oxygen atoms in total. The zero-order valence-electron chi connectivity index (χ0n) is 21.7. The number of hydrogen-bond acceptors (Lipinski definition) is 5. The normalized spacial score (nSPS) is 13.0. The number of nitrogens with zero attached hydrogens (tertiary/aromatic N) is 3. The number of aromatic amines is 2. The van der Waals surface area contributed by atoms with Gasteiger partial charge in [0.25, 0.3) is 0 Å². The highest BCUT2D eigenvalue weighted by atomic mass is 32.2. The Balaban J connectivity index is 1.33. The lowest BCUT2D eigenvalue weighted by molar-refractivity contribution is 0.795. The van der Waals surface area contributed by atoms with E-state index in [4.69, 9.17) is 9.97 Å². The summed E-state index contributed by atoms with van der Waals surface area (Å²) in [6, 6.07) is 19.6. The largest absolute Gasteiger partial charge is 0.342 e. The van der Waals surface area contributed by atoms with Crippen LogP contribution in [-0.4, -0.2) is 31.2 Å². The van der Waals surface area contributed by atoms with Crippen molar-refractivity contribution < 1.29 is 0 Å². The minimum Gasteiger partial charge on any atom is -0.342 e. The van der Waals surface area contributed by atoms with Crippen LogP contribution in [-0.2, 0) is 0 Å². The van der Waals surface area contributed by atoms with Crippen molar-refractivity contribution in [3.05, 3.63) is 77.8 Å². The van der Waals surface area contributed by atoms with Crippen LogP contribution in [0.2, 0.25) is 0 Å². The van der Waals surface area contributed by atoms with Crippen LogP contribution in [0.3, 0.4) is 0 Å². The maximum Gasteiger partial charge on any atom is 0.120 e. The van der Waals surface area contributed by atoms with Crippen LogP contribution in [0.4, 0.5) is 0 Å². The molecule has 0 aliphatic heterocycles. The second-order valence-corrected chi connectivity index (χ2v) is 12.2. The number of pyridine rings is 1. The molecule has 7 aromatic rings. The van der Waals surface area contributed by atoms with Crippen molar-refractivity contribution in [1.29, 1.82) is 0 Å². The third-order valence-electron chi connectivity index (χ3n) is 7.35. The average molecular weight is 534 g/mol. The summed E-state index contributed by atoms with van der Waals surface area (Å²) in [7, 11) is 0. The Hall–Kier alpha value is -3.68. The lowest BCUT2D eigenvalue weighted by atomic mass is 10.0. The van der Waals surface area contributed by atoms with E-state index in [2.05, 4.69) is 102 Å². The van der Waals surface area contributed by atoms with Gasteiger partial charge in [-0.25, -0.2) is 15.0 Å². The van der Waals surface area contributed by atoms with E-state index in [0.717, 1.165) is 56.1 Å². The van der Waals surface area contributed by atoms with Gasteiger partial charge in [-0.15, -0.1) is 11.3 Å². The monoisotopic (exact) mass is 533 g/mol. The number of benzene rings is 3. The zero-order valence-corrected chi connectivity index (χ0v) is 23.3. The smallest absolute Gasteiger partial charge is 0.120 e. The highest BCUT2D eigenvalue weighted by Gasteiger charge is 2.17. The van der Waals surface area contributed by atoms with E-state index in [-0.39, 0.29) is 0 Å². The van der Waals surface area contributed by atoms with Gasteiger partial charge < -0.3 is 9.97 Å². The highest BCUT2D eigenvalue weighted by molar-refractivity contribution is 7.98. The molecule has 0 saturated heterocycles. The number of thiophene rings is 1. The summed E-state index contributed by atoms with van der Waals surface area (Å²) in [6.45, 7) is 6.48. The molecular weight excluding hydrogens is 507 g/mol. The molecule has 0 amide bonds. The van der Waals surface area contributed by atoms with Gasteiger partial charge in [0.05, 0.1) is 39.4 Å². The Morgan fingerprint density at radius 3 is 2.50 bits per heavy atom. The molecule has 0 aliphatic rings. The molecule has 0 radical (unpaired) electrons. The van der Waals surface area contributed by atoms with E-state index < -0.39 is 0 Å². The van der Waals surface area contributed by atoms with Crippen molar-refractivity contribution in [1.82, 2.24) is 24.9 Å². The van der Waals surface area contributed by atoms with Gasteiger partial charge in [-0.1, -0.05) is 38.1 Å². The van der Waals surface area contributed by atoms with Crippen molar-refractivity contribution in [3.63, 3.8) is 0 Å². The number of nitrogens with one attached hydrogen (secondary N) is 2. The van der Waals surface area contributed by atoms with E-state index in [0.29, 0.717) is 11.2 Å². The summed E-state index contributed by atoms with van der Waals surface area (Å²) >= 11 is 3.58. The van der Waals surface area contributed by atoms with Gasteiger partial charge in [0.2, 0.25) is 0 Å². The van der Waals surface area contributed by atoms with E-state index in [1.165, 1.54) is 20.9 Å². The van der Waals surface area contributed by atoms with Crippen LogP contribution in [0.15, 0.2) is 66.2 Å². The molecule has 7 heteroatoms. The summed E-state index contributed by atoms with van der Waals surface area (Å²) in [5.41, 5.74) is 7.41. The van der Waals surface area contributed by atoms with E-state index >= 15 is 0 Å². The molecule has 0 aliphatic carbocycles. The van der Waals surface area contributed by atoms with Crippen LogP contribution in [0.5, 0.6) is 0 Å². The quantitative estimate of drug-likeness (QED) is 0.231. The highest BCUT2D eigenvalue weighted by Crippen LogP contribution is 2.40. The third-order valence-corrected chi connectivity index (χ3v) is 9.23. The number of H-pyrrole nitrogens is 2. The Bertz CT molecular complexity index is 1980. The van der Waals surface area contributed by atoms with Gasteiger partial charge in [-0.05, 0) is 48.9 Å². The fourth-order valence-corrected chi connectivity index (χ4v) is 6.39. The molecule has 4 heterocycles. The van der Waals surface area contributed by atoms with Gasteiger partial charge in [-0.2, -0.15) is 11.8 Å². The number of thioether (sulfide) groups is 1. The maximum atomic E-state index is 5.04. The molecule has 3 aromatic carbocycles. The van der Waals surface area contributed by atoms with E-state index in [9.17, 15) is 0 Å². The summed E-state index contributed by atoms with van der Waals surface area (Å²) in [4.78, 5) is 21.6. The fourth-order valence-electron chi connectivity index (χ4n) is 5.13. The number of imidazole rings is 2. The number of fused-ring (bicyclic) bond motifs is 7. The van der Waals surface area contributed by atoms with Crippen molar-refractivity contribution in [2.24, 2.45) is 0 Å². The summed E-state index contributed by atoms with van der Waals surface area (Å²) in [5, 5.41) is 7.25. The molecule has 7 rings (SSSR count). The molecule has 0 bridgehead atoms. The first-order chi connectivity index (χ1) is 18.5. The molecule has 38 heavy (non-hydrogen) atoms. The minimum atomic E-state index is 0.318. The topological polar surface area (TPSA) is 70.2 Å². The first-order valence-corrected chi connectivity index (χ1v) is 15.0. The molecular formula is C31H27N5S2. The van der Waals surface area contributed by atoms with Crippen molar-refractivity contribution in [3.8, 4) is 22.5 Å². The molecule has 2 N–H and O–H groups in total. The van der Waals surface area contributed by atoms with Gasteiger partial charge in [0.1, 0.15) is 11.6 Å². The van der Waals surface area contributed by atoms with Crippen molar-refractivity contribution >= 4 is 65.9 Å². The van der Waals surface area contributed by atoms with Crippen LogP contribution in [0, 0.1) is 0 Å². The molecule has 4 aromatic heterocycles. The molecule has 1 atom stereocenters. The second kappa shape index (κ2) is 8.96. The Morgan fingerprint density at radius 2 is 1.68 bits per heavy atom. The lowest BCUT2D eigenvalue weighted by Gasteiger charge is -2.08. The lowest BCUT2D eigenvalue weighted by Crippen LogP contribution is -1.90. The fraction of sp³-hybridized carbons (Fsp3) is 0.194. The first kappa shape index (κ1) is 23.4. The molecule has 0 saturated carbocycles. The van der Waals surface area contributed by atoms with Gasteiger partial charge >= 0.3 is 0 Å². The third kappa shape index (κ3) is 3.72. The van der Waals surface area contributed by atoms with Gasteiger partial charge in [-0.3, -0.25) is 0 Å². The maximum absolute atomic E-state index is 5.04. The van der Waals surface area contributed by atoms with Crippen molar-refractivity contribution in [2.75, 3.05) is 6.26 Å². The Labute approximate surface area is 228 Å². The summed E-state index contributed by atoms with van der Waals surface area (Å²) in [6.07, 6.45) is 4.04. The van der Waals surface area contributed by atoms with Crippen LogP contribution in [0.25, 0.3) is 65.3 Å².